The molecule has 3 aromatic rings. The van der Waals surface area contributed by atoms with Gasteiger partial charge in [-0.2, -0.15) is 0 Å². The number of anilines is 1. The molecular weight excluding hydrogens is 564 g/mol. The van der Waals surface area contributed by atoms with Crippen molar-refractivity contribution < 1.29 is 22.5 Å². The summed E-state index contributed by atoms with van der Waals surface area (Å²) < 4.78 is 41.0. The highest BCUT2D eigenvalue weighted by Crippen LogP contribution is 2.37. The largest absolute Gasteiger partial charge is 0.493 e. The molecule has 9 nitrogen and oxygen atoms in total. The number of carbonyl (C=O) groups excluding carboxylic acids is 1. The van der Waals surface area contributed by atoms with E-state index in [0.717, 1.165) is 69.2 Å². The minimum absolute atomic E-state index is 0.0949. The molecule has 0 aliphatic heterocycles. The van der Waals surface area contributed by atoms with E-state index >= 15 is 0 Å². The zero-order valence-corrected chi connectivity index (χ0v) is 26.8. The van der Waals surface area contributed by atoms with Crippen molar-refractivity contribution in [3.63, 3.8) is 0 Å². The van der Waals surface area contributed by atoms with Gasteiger partial charge in [0.2, 0.25) is 6.41 Å². The number of amides is 1. The monoisotopic (exact) mass is 608 g/mol. The molecular formula is C33H44N4O5S. The predicted octanol–water partition coefficient (Wildman–Crippen LogP) is 7.43. The fourth-order valence-electron chi connectivity index (χ4n) is 5.38. The molecule has 0 spiro atoms. The molecule has 1 saturated carbocycles. The number of benzene rings is 2. The van der Waals surface area contributed by atoms with Crippen LogP contribution >= 0.6 is 0 Å². The Bertz CT molecular complexity index is 1540. The van der Waals surface area contributed by atoms with Gasteiger partial charge in [0.05, 0.1) is 23.6 Å². The summed E-state index contributed by atoms with van der Waals surface area (Å²) in [5.41, 5.74) is 2.51. The van der Waals surface area contributed by atoms with E-state index in [9.17, 15) is 13.2 Å². The van der Waals surface area contributed by atoms with E-state index in [1.165, 1.54) is 0 Å². The lowest BCUT2D eigenvalue weighted by Gasteiger charge is -2.26. The average Bonchev–Trinajstić information content (AvgIpc) is 3.57. The van der Waals surface area contributed by atoms with E-state index in [4.69, 9.17) is 14.3 Å². The SMILES string of the molecule is CCCC/C(=N/C1(C)CCCC1)N(C=O)Cc1ccc(-c2ccccc2S(=O)(=O)Nc2noc(C)c2C)c(OCCC)c1. The summed E-state index contributed by atoms with van der Waals surface area (Å²) in [5, 5.41) is 3.87. The third-order valence-electron chi connectivity index (χ3n) is 8.01. The van der Waals surface area contributed by atoms with Gasteiger partial charge in [-0.25, -0.2) is 8.42 Å². The summed E-state index contributed by atoms with van der Waals surface area (Å²) in [6, 6.07) is 12.5. The number of aromatic nitrogens is 1. The summed E-state index contributed by atoms with van der Waals surface area (Å²) in [4.78, 5) is 19.3. The molecule has 1 aliphatic rings. The van der Waals surface area contributed by atoms with Gasteiger partial charge in [-0.05, 0) is 64.2 Å². The van der Waals surface area contributed by atoms with E-state index in [1.54, 1.807) is 43.0 Å². The standard InChI is InChI=1S/C33H44N4O5S/c1-6-8-15-31(34-33(5)18-11-12-19-33)37(23-38)22-26-16-17-27(29(21-26)41-20-7-2)28-13-9-10-14-30(28)43(39,40)36-32-24(3)25(4)42-35-32/h9-10,13-14,16-17,21,23H,6-8,11-12,15,18-20,22H2,1-5H3,(H,35,36)/b34-31-. The number of nitrogens with one attached hydrogen (secondary N) is 1. The molecule has 4 rings (SSSR count). The van der Waals surface area contributed by atoms with Gasteiger partial charge in [-0.15, -0.1) is 0 Å². The Morgan fingerprint density at radius 1 is 1.12 bits per heavy atom. The maximum Gasteiger partial charge on any atom is 0.263 e. The van der Waals surface area contributed by atoms with E-state index in [0.29, 0.717) is 41.4 Å². The van der Waals surface area contributed by atoms with Gasteiger partial charge in [-0.3, -0.25) is 19.4 Å². The Morgan fingerprint density at radius 2 is 1.86 bits per heavy atom. The van der Waals surface area contributed by atoms with Crippen molar-refractivity contribution in [1.29, 1.82) is 0 Å². The highest BCUT2D eigenvalue weighted by atomic mass is 32.2. The van der Waals surface area contributed by atoms with Crippen LogP contribution in [-0.2, 0) is 21.4 Å². The van der Waals surface area contributed by atoms with Gasteiger partial charge in [0.25, 0.3) is 10.0 Å². The highest BCUT2D eigenvalue weighted by Gasteiger charge is 2.29. The molecule has 1 fully saturated rings. The fourth-order valence-corrected chi connectivity index (χ4v) is 6.66. The Morgan fingerprint density at radius 3 is 2.51 bits per heavy atom. The molecule has 0 unspecified atom stereocenters. The number of hydrogen-bond acceptors (Lipinski definition) is 7. The number of amidine groups is 1. The minimum atomic E-state index is -4.01. The molecule has 1 amide bonds. The second-order valence-electron chi connectivity index (χ2n) is 11.6. The van der Waals surface area contributed by atoms with Gasteiger partial charge in [-0.1, -0.05) is 68.6 Å². The van der Waals surface area contributed by atoms with Crippen LogP contribution in [0, 0.1) is 13.8 Å². The Kier molecular flexibility index (Phi) is 10.7. The summed E-state index contributed by atoms with van der Waals surface area (Å²) in [5.74, 6) is 2.07. The maximum absolute atomic E-state index is 13.6. The van der Waals surface area contributed by atoms with E-state index in [-0.39, 0.29) is 16.3 Å². The van der Waals surface area contributed by atoms with Gasteiger partial charge in [0.1, 0.15) is 17.3 Å². The van der Waals surface area contributed by atoms with Crippen LogP contribution in [0.3, 0.4) is 0 Å². The van der Waals surface area contributed by atoms with Gasteiger partial charge >= 0.3 is 0 Å². The molecule has 1 heterocycles. The number of rotatable bonds is 14. The molecule has 232 valence electrons. The van der Waals surface area contributed by atoms with E-state index in [1.807, 2.05) is 25.1 Å². The smallest absolute Gasteiger partial charge is 0.263 e. The van der Waals surface area contributed by atoms with Crippen LogP contribution in [0.2, 0.25) is 0 Å². The first-order chi connectivity index (χ1) is 20.6. The molecule has 1 aromatic heterocycles. The molecule has 1 aliphatic carbocycles. The topological polar surface area (TPSA) is 114 Å². The van der Waals surface area contributed by atoms with Crippen molar-refractivity contribution in [2.75, 3.05) is 11.3 Å². The lowest BCUT2D eigenvalue weighted by molar-refractivity contribution is -0.115. The van der Waals surface area contributed by atoms with Crippen molar-refractivity contribution in [3.8, 4) is 16.9 Å². The Balaban J connectivity index is 1.69. The quantitative estimate of drug-likeness (QED) is 0.116. The number of aliphatic imine (C=N–C) groups is 1. The average molecular weight is 609 g/mol. The van der Waals surface area contributed by atoms with Crippen LogP contribution < -0.4 is 9.46 Å². The lowest BCUT2D eigenvalue weighted by Crippen LogP contribution is -2.32. The van der Waals surface area contributed by atoms with Crippen LogP contribution in [-0.4, -0.2) is 42.9 Å². The maximum atomic E-state index is 13.6. The number of hydrogen-bond donors (Lipinski definition) is 1. The number of nitrogens with zero attached hydrogens (tertiary/aromatic N) is 3. The van der Waals surface area contributed by atoms with Gasteiger partial charge in [0.15, 0.2) is 5.82 Å². The summed E-state index contributed by atoms with van der Waals surface area (Å²) in [6.45, 7) is 10.6. The summed E-state index contributed by atoms with van der Waals surface area (Å²) in [6.07, 6.45) is 8.74. The Hall–Kier alpha value is -3.66. The van der Waals surface area contributed by atoms with Crippen molar-refractivity contribution in [1.82, 2.24) is 10.1 Å². The number of aryl methyl sites for hydroxylation is 1. The summed E-state index contributed by atoms with van der Waals surface area (Å²) in [7, 11) is -4.01. The molecule has 0 saturated heterocycles. The fraction of sp³-hybridized carbons (Fsp3) is 0.485. The van der Waals surface area contributed by atoms with E-state index in [2.05, 4.69) is 23.7 Å². The van der Waals surface area contributed by atoms with Crippen LogP contribution in [0.5, 0.6) is 5.75 Å². The molecule has 1 N–H and O–H groups in total. The molecule has 0 bridgehead atoms. The third kappa shape index (κ3) is 7.84. The van der Waals surface area contributed by atoms with Crippen LogP contribution in [0.4, 0.5) is 5.82 Å². The van der Waals surface area contributed by atoms with Crippen molar-refractivity contribution in [2.45, 2.75) is 103 Å². The van der Waals surface area contributed by atoms with Crippen molar-refractivity contribution in [3.05, 3.63) is 59.4 Å². The summed E-state index contributed by atoms with van der Waals surface area (Å²) >= 11 is 0. The van der Waals surface area contributed by atoms with Gasteiger partial charge < -0.3 is 9.26 Å². The molecule has 43 heavy (non-hydrogen) atoms. The van der Waals surface area contributed by atoms with Crippen molar-refractivity contribution >= 4 is 28.1 Å². The first-order valence-electron chi connectivity index (χ1n) is 15.2. The molecule has 2 aromatic carbocycles. The molecule has 10 heteroatoms. The third-order valence-corrected chi connectivity index (χ3v) is 9.41. The number of carbonyl (C=O) groups is 1. The minimum Gasteiger partial charge on any atom is -0.493 e. The number of ether oxygens (including phenoxy) is 1. The number of sulfonamides is 1. The zero-order valence-electron chi connectivity index (χ0n) is 26.0. The number of unbranched alkanes of at least 4 members (excludes halogenated alkanes) is 1. The predicted molar refractivity (Wildman–Crippen MR) is 170 cm³/mol. The Labute approximate surface area is 255 Å². The van der Waals surface area contributed by atoms with E-state index < -0.39 is 10.0 Å². The van der Waals surface area contributed by atoms with Gasteiger partial charge in [0, 0.05) is 23.1 Å². The first-order valence-corrected chi connectivity index (χ1v) is 16.7. The van der Waals surface area contributed by atoms with Crippen molar-refractivity contribution in [2.24, 2.45) is 4.99 Å². The molecule has 0 radical (unpaired) electrons. The first kappa shape index (κ1) is 32.3. The van der Waals surface area contributed by atoms with Crippen LogP contribution in [0.15, 0.2) is 56.9 Å². The zero-order chi connectivity index (χ0) is 31.0. The van der Waals surface area contributed by atoms with Crippen LogP contribution in [0.25, 0.3) is 11.1 Å². The normalized spacial score (nSPS) is 15.0. The van der Waals surface area contributed by atoms with Crippen LogP contribution in [0.1, 0.15) is 89.0 Å². The lowest BCUT2D eigenvalue weighted by atomic mass is 10.0. The second-order valence-corrected chi connectivity index (χ2v) is 13.2. The molecule has 0 atom stereocenters. The highest BCUT2D eigenvalue weighted by molar-refractivity contribution is 7.92. The second kappa shape index (κ2) is 14.2.